The first-order chi connectivity index (χ1) is 8.08. The maximum atomic E-state index is 12.0. The third-order valence-corrected chi connectivity index (χ3v) is 4.87. The number of hydrogen-bond acceptors (Lipinski definition) is 4. The molecule has 1 aliphatic rings. The second kappa shape index (κ2) is 5.42. The molecule has 2 heterocycles. The fourth-order valence-electron chi connectivity index (χ4n) is 2.01. The van der Waals surface area contributed by atoms with Gasteiger partial charge in [0.15, 0.2) is 5.78 Å². The van der Waals surface area contributed by atoms with E-state index in [4.69, 9.17) is 0 Å². The lowest BCUT2D eigenvalue weighted by Gasteiger charge is -2.29. The van der Waals surface area contributed by atoms with Crippen LogP contribution in [0.1, 0.15) is 23.0 Å². The minimum Gasteiger partial charge on any atom is -0.299 e. The molecule has 1 atom stereocenters. The minimum absolute atomic E-state index is 0.0586. The molecule has 2 rings (SSSR count). The van der Waals surface area contributed by atoms with Crippen LogP contribution in [0, 0.1) is 5.92 Å². The number of Topliss-reactive ketones (excluding diaryl/α,β-unsaturated/α-hetero) is 2. The van der Waals surface area contributed by atoms with Crippen molar-refractivity contribution in [1.29, 1.82) is 0 Å². The predicted octanol–water partition coefficient (Wildman–Crippen LogP) is 2.60. The van der Waals surface area contributed by atoms with E-state index < -0.39 is 0 Å². The average Bonchev–Trinajstić information content (AvgIpc) is 2.70. The van der Waals surface area contributed by atoms with Gasteiger partial charge in [0.25, 0.3) is 0 Å². The lowest BCUT2D eigenvalue weighted by atomic mass is 9.98. The Morgan fingerprint density at radius 2 is 2.41 bits per heavy atom. The second-order valence-electron chi connectivity index (χ2n) is 4.37. The highest BCUT2D eigenvalue weighted by Crippen LogP contribution is 2.24. The molecule has 0 amide bonds. The highest BCUT2D eigenvalue weighted by molar-refractivity contribution is 9.10. The highest BCUT2D eigenvalue weighted by Gasteiger charge is 2.25. The maximum Gasteiger partial charge on any atom is 0.187 e. The standard InChI is InChI=1S/C12H14BrNO2S/c1-8-6-14(4-2-10(8)15)7-11(16)12-9(13)3-5-17-12/h3,5,8H,2,4,6-7H2,1H3. The Bertz CT molecular complexity index is 443. The number of carbonyl (C=O) groups is 2. The Kier molecular flexibility index (Phi) is 4.12. The number of piperidine rings is 1. The Labute approximate surface area is 113 Å². The molecule has 0 aromatic carbocycles. The van der Waals surface area contributed by atoms with Crippen molar-refractivity contribution < 1.29 is 9.59 Å². The van der Waals surface area contributed by atoms with Crippen LogP contribution in [0.3, 0.4) is 0 Å². The molecular formula is C12H14BrNO2S. The summed E-state index contributed by atoms with van der Waals surface area (Å²) in [4.78, 5) is 26.3. The van der Waals surface area contributed by atoms with Gasteiger partial charge >= 0.3 is 0 Å². The van der Waals surface area contributed by atoms with Crippen molar-refractivity contribution in [2.24, 2.45) is 5.92 Å². The molecule has 92 valence electrons. The molecule has 3 nitrogen and oxygen atoms in total. The van der Waals surface area contributed by atoms with Crippen LogP contribution in [-0.4, -0.2) is 36.1 Å². The SMILES string of the molecule is CC1CN(CC(=O)c2sccc2Br)CCC1=O. The summed E-state index contributed by atoms with van der Waals surface area (Å²) >= 11 is 4.83. The molecule has 0 spiro atoms. The monoisotopic (exact) mass is 315 g/mol. The van der Waals surface area contributed by atoms with Crippen LogP contribution < -0.4 is 0 Å². The average molecular weight is 316 g/mol. The summed E-state index contributed by atoms with van der Waals surface area (Å²) in [5, 5.41) is 1.90. The second-order valence-corrected chi connectivity index (χ2v) is 6.14. The van der Waals surface area contributed by atoms with Gasteiger partial charge in [0.05, 0.1) is 11.4 Å². The van der Waals surface area contributed by atoms with Crippen molar-refractivity contribution in [3.8, 4) is 0 Å². The van der Waals surface area contributed by atoms with Gasteiger partial charge in [-0.2, -0.15) is 0 Å². The summed E-state index contributed by atoms with van der Waals surface area (Å²) in [5.41, 5.74) is 0. The molecular weight excluding hydrogens is 302 g/mol. The van der Waals surface area contributed by atoms with E-state index in [0.717, 1.165) is 9.35 Å². The summed E-state index contributed by atoms with van der Waals surface area (Å²) in [6.07, 6.45) is 0.570. The fraction of sp³-hybridized carbons (Fsp3) is 0.500. The Morgan fingerprint density at radius 3 is 3.00 bits per heavy atom. The zero-order chi connectivity index (χ0) is 12.4. The number of ketones is 2. The van der Waals surface area contributed by atoms with E-state index >= 15 is 0 Å². The summed E-state index contributed by atoms with van der Waals surface area (Å²) in [6, 6.07) is 1.89. The molecule has 0 N–H and O–H groups in total. The number of thiophene rings is 1. The third-order valence-electron chi connectivity index (χ3n) is 2.99. The predicted molar refractivity (Wildman–Crippen MR) is 71.6 cm³/mol. The van der Waals surface area contributed by atoms with Crippen molar-refractivity contribution in [3.05, 3.63) is 20.8 Å². The molecule has 1 unspecified atom stereocenters. The molecule has 5 heteroatoms. The van der Waals surface area contributed by atoms with Crippen LogP contribution in [0.2, 0.25) is 0 Å². The zero-order valence-corrected chi connectivity index (χ0v) is 12.0. The molecule has 0 saturated carbocycles. The minimum atomic E-state index is 0.0586. The maximum absolute atomic E-state index is 12.0. The molecule has 1 saturated heterocycles. The molecule has 0 aliphatic carbocycles. The van der Waals surface area contributed by atoms with Crippen molar-refractivity contribution in [1.82, 2.24) is 4.90 Å². The number of nitrogens with zero attached hydrogens (tertiary/aromatic N) is 1. The lowest BCUT2D eigenvalue weighted by molar-refractivity contribution is -0.125. The van der Waals surface area contributed by atoms with Crippen LogP contribution in [-0.2, 0) is 4.79 Å². The first kappa shape index (κ1) is 12.9. The smallest absolute Gasteiger partial charge is 0.187 e. The zero-order valence-electron chi connectivity index (χ0n) is 9.61. The van der Waals surface area contributed by atoms with Gasteiger partial charge in [-0.1, -0.05) is 6.92 Å². The molecule has 17 heavy (non-hydrogen) atoms. The highest BCUT2D eigenvalue weighted by atomic mass is 79.9. The van der Waals surface area contributed by atoms with Gasteiger partial charge in [-0.05, 0) is 27.4 Å². The van der Waals surface area contributed by atoms with E-state index in [1.54, 1.807) is 0 Å². The van der Waals surface area contributed by atoms with E-state index in [-0.39, 0.29) is 11.7 Å². The number of hydrogen-bond donors (Lipinski definition) is 0. The summed E-state index contributed by atoms with van der Waals surface area (Å²) in [6.45, 7) is 3.75. The molecule has 1 fully saturated rings. The van der Waals surface area contributed by atoms with E-state index in [1.165, 1.54) is 11.3 Å². The number of halogens is 1. The van der Waals surface area contributed by atoms with Crippen LogP contribution in [0.5, 0.6) is 0 Å². The van der Waals surface area contributed by atoms with Crippen molar-refractivity contribution in [3.63, 3.8) is 0 Å². The van der Waals surface area contributed by atoms with E-state index in [0.29, 0.717) is 31.8 Å². The van der Waals surface area contributed by atoms with Crippen molar-refractivity contribution in [2.75, 3.05) is 19.6 Å². The van der Waals surface area contributed by atoms with Gasteiger partial charge in [0, 0.05) is 29.9 Å². The topological polar surface area (TPSA) is 37.4 Å². The van der Waals surface area contributed by atoms with Crippen molar-refractivity contribution in [2.45, 2.75) is 13.3 Å². The number of carbonyl (C=O) groups excluding carboxylic acids is 2. The van der Waals surface area contributed by atoms with Crippen molar-refractivity contribution >= 4 is 38.8 Å². The van der Waals surface area contributed by atoms with Crippen LogP contribution >= 0.6 is 27.3 Å². The fourth-order valence-corrected chi connectivity index (χ4v) is 3.53. The molecule has 0 bridgehead atoms. The first-order valence-electron chi connectivity index (χ1n) is 5.59. The van der Waals surface area contributed by atoms with E-state index in [9.17, 15) is 9.59 Å². The largest absolute Gasteiger partial charge is 0.299 e. The Morgan fingerprint density at radius 1 is 1.65 bits per heavy atom. The Balaban J connectivity index is 1.96. The Hall–Kier alpha value is -0.520. The van der Waals surface area contributed by atoms with Gasteiger partial charge in [-0.15, -0.1) is 11.3 Å². The van der Waals surface area contributed by atoms with Gasteiger partial charge in [0.2, 0.25) is 0 Å². The van der Waals surface area contributed by atoms with E-state index in [2.05, 4.69) is 20.8 Å². The molecule has 1 aromatic heterocycles. The summed E-state index contributed by atoms with van der Waals surface area (Å²) in [5.74, 6) is 0.503. The normalized spacial score (nSPS) is 21.8. The summed E-state index contributed by atoms with van der Waals surface area (Å²) < 4.78 is 0.869. The van der Waals surface area contributed by atoms with Gasteiger partial charge in [-0.25, -0.2) is 0 Å². The van der Waals surface area contributed by atoms with Crippen LogP contribution in [0.15, 0.2) is 15.9 Å². The van der Waals surface area contributed by atoms with E-state index in [1.807, 2.05) is 18.4 Å². The molecule has 0 radical (unpaired) electrons. The molecule has 1 aliphatic heterocycles. The lowest BCUT2D eigenvalue weighted by Crippen LogP contribution is -2.42. The van der Waals surface area contributed by atoms with Crippen LogP contribution in [0.25, 0.3) is 0 Å². The summed E-state index contributed by atoms with van der Waals surface area (Å²) in [7, 11) is 0. The third kappa shape index (κ3) is 3.03. The molecule has 1 aromatic rings. The number of rotatable bonds is 3. The first-order valence-corrected chi connectivity index (χ1v) is 7.26. The van der Waals surface area contributed by atoms with Gasteiger partial charge in [-0.3, -0.25) is 14.5 Å². The van der Waals surface area contributed by atoms with Gasteiger partial charge < -0.3 is 0 Å². The number of likely N-dealkylation sites (tertiary alicyclic amines) is 1. The van der Waals surface area contributed by atoms with Gasteiger partial charge in [0.1, 0.15) is 5.78 Å². The van der Waals surface area contributed by atoms with Crippen LogP contribution in [0.4, 0.5) is 0 Å². The quantitative estimate of drug-likeness (QED) is 0.805.